The van der Waals surface area contributed by atoms with Gasteiger partial charge in [-0.2, -0.15) is 0 Å². The molecule has 0 radical (unpaired) electrons. The summed E-state index contributed by atoms with van der Waals surface area (Å²) in [5.74, 6) is -0.496. The number of amides is 1. The lowest BCUT2D eigenvalue weighted by Gasteiger charge is -1.96. The Balaban J connectivity index is 3.47. The molecule has 6 nitrogen and oxygen atoms in total. The zero-order chi connectivity index (χ0) is 9.40. The lowest BCUT2D eigenvalue weighted by Crippen LogP contribution is -2.28. The Labute approximate surface area is 70.0 Å². The van der Waals surface area contributed by atoms with Crippen molar-refractivity contribution in [1.29, 1.82) is 0 Å². The molecule has 12 heavy (non-hydrogen) atoms. The van der Waals surface area contributed by atoms with Crippen molar-refractivity contribution in [3.8, 4) is 0 Å². The molecule has 0 unspecified atom stereocenters. The van der Waals surface area contributed by atoms with Crippen LogP contribution in [0.1, 0.15) is 19.3 Å². The fourth-order valence-electron chi connectivity index (χ4n) is 0.529. The third kappa shape index (κ3) is 6.53. The molecule has 0 aromatic carbocycles. The van der Waals surface area contributed by atoms with Gasteiger partial charge in [0.05, 0.1) is 0 Å². The topological polar surface area (TPSA) is 111 Å². The molecular formula is C6H12N4O2. The van der Waals surface area contributed by atoms with Gasteiger partial charge in [0, 0.05) is 12.8 Å². The highest BCUT2D eigenvalue weighted by Gasteiger charge is 1.97. The van der Waals surface area contributed by atoms with E-state index >= 15 is 0 Å². The van der Waals surface area contributed by atoms with E-state index in [1.54, 1.807) is 0 Å². The van der Waals surface area contributed by atoms with Crippen molar-refractivity contribution in [3.63, 3.8) is 0 Å². The van der Waals surface area contributed by atoms with Gasteiger partial charge in [0.25, 0.3) is 0 Å². The van der Waals surface area contributed by atoms with Gasteiger partial charge >= 0.3 is 0 Å². The second kappa shape index (κ2) is 6.14. The van der Waals surface area contributed by atoms with Crippen molar-refractivity contribution in [2.75, 3.05) is 0 Å². The summed E-state index contributed by atoms with van der Waals surface area (Å²) in [6, 6.07) is 0. The Hall–Kier alpha value is -1.59. The van der Waals surface area contributed by atoms with E-state index in [-0.39, 0.29) is 18.3 Å². The molecule has 0 rings (SSSR count). The predicted molar refractivity (Wildman–Crippen MR) is 43.9 cm³/mol. The number of aldehydes is 1. The number of unbranched alkanes of at least 4 members (excludes halogenated alkanes) is 1. The number of carbonyl (C=O) groups excluding carboxylic acids is 2. The van der Waals surface area contributed by atoms with Crippen LogP contribution >= 0.6 is 0 Å². The van der Waals surface area contributed by atoms with Gasteiger partial charge in [-0.3, -0.25) is 4.79 Å². The van der Waals surface area contributed by atoms with Crippen molar-refractivity contribution in [1.82, 2.24) is 5.43 Å². The number of hydrazone groups is 1. The first-order chi connectivity index (χ1) is 5.66. The van der Waals surface area contributed by atoms with E-state index in [4.69, 9.17) is 11.5 Å². The number of guanidine groups is 1. The van der Waals surface area contributed by atoms with E-state index in [0.717, 1.165) is 6.29 Å². The molecule has 0 aliphatic carbocycles. The molecule has 0 aromatic rings. The number of hydrogen-bond acceptors (Lipinski definition) is 3. The number of nitrogens with zero attached hydrogens (tertiary/aromatic N) is 1. The largest absolute Gasteiger partial charge is 0.369 e. The molecule has 0 aliphatic heterocycles. The standard InChI is InChI=1S/C6H12N4O2/c7-6(8)10-9-5(12)3-1-2-4-11/h4H,1-3H2,(H,9,12)(H4,7,8,10). The molecule has 0 bridgehead atoms. The van der Waals surface area contributed by atoms with Crippen LogP contribution < -0.4 is 16.9 Å². The van der Waals surface area contributed by atoms with E-state index in [1.165, 1.54) is 0 Å². The minimum absolute atomic E-state index is 0.196. The summed E-state index contributed by atoms with van der Waals surface area (Å²) in [6.07, 6.45) is 1.88. The van der Waals surface area contributed by atoms with Crippen LogP contribution in [0.4, 0.5) is 0 Å². The predicted octanol–water partition coefficient (Wildman–Crippen LogP) is -1.34. The first kappa shape index (κ1) is 10.4. The highest BCUT2D eigenvalue weighted by molar-refractivity contribution is 5.80. The Kier molecular flexibility index (Phi) is 5.33. The average Bonchev–Trinajstić information content (AvgIpc) is 2.01. The maximum absolute atomic E-state index is 10.8. The van der Waals surface area contributed by atoms with Gasteiger partial charge in [-0.25, -0.2) is 5.43 Å². The van der Waals surface area contributed by atoms with E-state index < -0.39 is 0 Å². The van der Waals surface area contributed by atoms with Crippen molar-refractivity contribution in [3.05, 3.63) is 0 Å². The highest BCUT2D eigenvalue weighted by atomic mass is 16.2. The monoisotopic (exact) mass is 172 g/mol. The first-order valence-corrected chi connectivity index (χ1v) is 3.48. The van der Waals surface area contributed by atoms with Crippen LogP contribution in [0, 0.1) is 0 Å². The summed E-state index contributed by atoms with van der Waals surface area (Å²) in [5.41, 5.74) is 12.0. The summed E-state index contributed by atoms with van der Waals surface area (Å²) in [4.78, 5) is 20.6. The number of nitrogens with one attached hydrogen (secondary N) is 1. The Morgan fingerprint density at radius 1 is 1.50 bits per heavy atom. The third-order valence-electron chi connectivity index (χ3n) is 1.04. The summed E-state index contributed by atoms with van der Waals surface area (Å²) < 4.78 is 0. The van der Waals surface area contributed by atoms with Gasteiger partial charge in [0.15, 0.2) is 0 Å². The lowest BCUT2D eigenvalue weighted by atomic mass is 10.2. The van der Waals surface area contributed by atoms with Gasteiger partial charge in [-0.15, -0.1) is 5.10 Å². The molecule has 0 saturated heterocycles. The molecule has 6 heteroatoms. The van der Waals surface area contributed by atoms with Gasteiger partial charge in [0.1, 0.15) is 6.29 Å². The minimum atomic E-state index is -0.301. The van der Waals surface area contributed by atoms with Crippen LogP contribution in [-0.4, -0.2) is 18.2 Å². The van der Waals surface area contributed by atoms with Crippen LogP contribution in [0.15, 0.2) is 5.10 Å². The molecule has 5 N–H and O–H groups in total. The Bertz CT molecular complexity index is 186. The molecule has 0 heterocycles. The average molecular weight is 172 g/mol. The van der Waals surface area contributed by atoms with Crippen LogP contribution in [0.5, 0.6) is 0 Å². The number of nitrogens with two attached hydrogens (primary N) is 2. The van der Waals surface area contributed by atoms with Gasteiger partial charge in [-0.1, -0.05) is 0 Å². The highest BCUT2D eigenvalue weighted by Crippen LogP contribution is 1.91. The molecule has 0 spiro atoms. The molecule has 1 amide bonds. The summed E-state index contributed by atoms with van der Waals surface area (Å²) in [5, 5.41) is 3.29. The molecule has 0 saturated carbocycles. The van der Waals surface area contributed by atoms with Crippen molar-refractivity contribution in [2.45, 2.75) is 19.3 Å². The molecular weight excluding hydrogens is 160 g/mol. The molecule has 68 valence electrons. The van der Waals surface area contributed by atoms with Crippen LogP contribution in [0.3, 0.4) is 0 Å². The van der Waals surface area contributed by atoms with E-state index in [1.807, 2.05) is 0 Å². The Morgan fingerprint density at radius 2 is 2.17 bits per heavy atom. The summed E-state index contributed by atoms with van der Waals surface area (Å²) >= 11 is 0. The van der Waals surface area contributed by atoms with Crippen LogP contribution in [-0.2, 0) is 9.59 Å². The Morgan fingerprint density at radius 3 is 2.67 bits per heavy atom. The maximum Gasteiger partial charge on any atom is 0.240 e. The quantitative estimate of drug-likeness (QED) is 0.157. The molecule has 0 atom stereocenters. The zero-order valence-electron chi connectivity index (χ0n) is 6.62. The summed E-state index contributed by atoms with van der Waals surface area (Å²) in [6.45, 7) is 0. The normalized spacial score (nSPS) is 8.67. The smallest absolute Gasteiger partial charge is 0.240 e. The lowest BCUT2D eigenvalue weighted by molar-refractivity contribution is -0.121. The second-order valence-electron chi connectivity index (χ2n) is 2.13. The van der Waals surface area contributed by atoms with E-state index in [9.17, 15) is 9.59 Å². The van der Waals surface area contributed by atoms with Crippen LogP contribution in [0.2, 0.25) is 0 Å². The summed E-state index contributed by atoms with van der Waals surface area (Å²) in [7, 11) is 0. The van der Waals surface area contributed by atoms with Gasteiger partial charge in [-0.05, 0) is 6.42 Å². The fourth-order valence-corrected chi connectivity index (χ4v) is 0.529. The van der Waals surface area contributed by atoms with Crippen molar-refractivity contribution < 1.29 is 9.59 Å². The first-order valence-electron chi connectivity index (χ1n) is 3.48. The van der Waals surface area contributed by atoms with Crippen molar-refractivity contribution in [2.24, 2.45) is 16.6 Å². The van der Waals surface area contributed by atoms with Gasteiger partial charge in [0.2, 0.25) is 11.9 Å². The molecule has 0 fully saturated rings. The van der Waals surface area contributed by atoms with Crippen LogP contribution in [0.25, 0.3) is 0 Å². The SMILES string of the molecule is NC(N)=NNC(=O)CCCC=O. The van der Waals surface area contributed by atoms with E-state index in [0.29, 0.717) is 12.8 Å². The number of hydrogen-bond donors (Lipinski definition) is 3. The third-order valence-corrected chi connectivity index (χ3v) is 1.04. The number of carbonyl (C=O) groups is 2. The van der Waals surface area contributed by atoms with E-state index in [2.05, 4.69) is 10.5 Å². The number of rotatable bonds is 5. The van der Waals surface area contributed by atoms with Crippen molar-refractivity contribution >= 4 is 18.2 Å². The second-order valence-corrected chi connectivity index (χ2v) is 2.13. The maximum atomic E-state index is 10.8. The van der Waals surface area contributed by atoms with Gasteiger partial charge < -0.3 is 16.3 Å². The minimum Gasteiger partial charge on any atom is -0.369 e. The zero-order valence-corrected chi connectivity index (χ0v) is 6.62. The fraction of sp³-hybridized carbons (Fsp3) is 0.500. The molecule has 0 aromatic heterocycles. The molecule has 0 aliphatic rings.